The molecular formula is C10H23NO4Si. The molecular weight excluding hydrogens is 226 g/mol. The number of amides is 1. The SMILES string of the molecule is CC=CC(N)=O.CO[Si](C)(CCCO)OC. The summed E-state index contributed by atoms with van der Waals surface area (Å²) in [6.07, 6.45) is 3.67. The number of aliphatic hydroxyl groups is 1. The standard InChI is InChI=1S/C6H16O3Si.C4H7NO/c1-8-10(3,9-2)6-4-5-7;1-2-3-4(5)6/h7H,4-6H2,1-3H3;2-3H,1H3,(H2,5,6). The minimum atomic E-state index is -1.88. The Bertz CT molecular complexity index is 205. The van der Waals surface area contributed by atoms with Crippen molar-refractivity contribution in [3.8, 4) is 0 Å². The van der Waals surface area contributed by atoms with Crippen LogP contribution in [0.2, 0.25) is 12.6 Å². The van der Waals surface area contributed by atoms with E-state index in [9.17, 15) is 4.79 Å². The Morgan fingerprint density at radius 3 is 2.12 bits per heavy atom. The van der Waals surface area contributed by atoms with Crippen LogP contribution in [0.4, 0.5) is 0 Å². The monoisotopic (exact) mass is 249 g/mol. The fourth-order valence-corrected chi connectivity index (χ4v) is 2.23. The first-order valence-electron chi connectivity index (χ1n) is 5.09. The van der Waals surface area contributed by atoms with Crippen molar-refractivity contribution >= 4 is 14.5 Å². The molecule has 0 bridgehead atoms. The third kappa shape index (κ3) is 11.4. The van der Waals surface area contributed by atoms with Gasteiger partial charge in [-0.05, 0) is 32.0 Å². The molecule has 0 aliphatic carbocycles. The molecule has 0 aromatic rings. The van der Waals surface area contributed by atoms with Gasteiger partial charge in [0.05, 0.1) is 0 Å². The Labute approximate surface area is 98.5 Å². The van der Waals surface area contributed by atoms with Crippen LogP contribution in [0.3, 0.4) is 0 Å². The predicted molar refractivity (Wildman–Crippen MR) is 66.2 cm³/mol. The molecule has 0 aliphatic heterocycles. The Hall–Kier alpha value is -0.693. The summed E-state index contributed by atoms with van der Waals surface area (Å²) < 4.78 is 10.4. The molecule has 0 aromatic heterocycles. The van der Waals surface area contributed by atoms with E-state index in [1.165, 1.54) is 6.08 Å². The van der Waals surface area contributed by atoms with Crippen LogP contribution in [0.5, 0.6) is 0 Å². The zero-order valence-electron chi connectivity index (χ0n) is 10.5. The highest BCUT2D eigenvalue weighted by atomic mass is 28.4. The van der Waals surface area contributed by atoms with Crippen LogP contribution in [-0.2, 0) is 13.6 Å². The van der Waals surface area contributed by atoms with E-state index in [0.29, 0.717) is 0 Å². The maximum atomic E-state index is 9.73. The van der Waals surface area contributed by atoms with Gasteiger partial charge in [-0.2, -0.15) is 0 Å². The number of carbonyl (C=O) groups excluding carboxylic acids is 1. The van der Waals surface area contributed by atoms with E-state index < -0.39 is 14.5 Å². The highest BCUT2D eigenvalue weighted by Crippen LogP contribution is 2.12. The topological polar surface area (TPSA) is 81.8 Å². The highest BCUT2D eigenvalue weighted by Gasteiger charge is 2.27. The Morgan fingerprint density at radius 1 is 1.44 bits per heavy atom. The second-order valence-electron chi connectivity index (χ2n) is 3.27. The second kappa shape index (κ2) is 10.8. The molecule has 0 unspecified atom stereocenters. The summed E-state index contributed by atoms with van der Waals surface area (Å²) in [5.74, 6) is -0.391. The molecule has 0 rings (SSSR count). The van der Waals surface area contributed by atoms with Gasteiger partial charge in [-0.3, -0.25) is 4.79 Å². The molecule has 0 fully saturated rings. The maximum Gasteiger partial charge on any atom is 0.334 e. The minimum absolute atomic E-state index is 0.218. The minimum Gasteiger partial charge on any atom is -0.398 e. The first kappa shape index (κ1) is 17.7. The summed E-state index contributed by atoms with van der Waals surface area (Å²) in [5, 5.41) is 8.53. The fraction of sp³-hybridized carbons (Fsp3) is 0.700. The molecule has 0 aromatic carbocycles. The molecule has 6 heteroatoms. The molecule has 0 aliphatic rings. The van der Waals surface area contributed by atoms with Crippen LogP contribution < -0.4 is 5.73 Å². The lowest BCUT2D eigenvalue weighted by Crippen LogP contribution is -2.35. The number of allylic oxidation sites excluding steroid dienone is 1. The lowest BCUT2D eigenvalue weighted by Gasteiger charge is -2.21. The summed E-state index contributed by atoms with van der Waals surface area (Å²) in [4.78, 5) is 9.73. The van der Waals surface area contributed by atoms with Gasteiger partial charge < -0.3 is 19.7 Å². The van der Waals surface area contributed by atoms with E-state index >= 15 is 0 Å². The molecule has 3 N–H and O–H groups in total. The fourth-order valence-electron chi connectivity index (χ4n) is 0.852. The van der Waals surface area contributed by atoms with E-state index in [0.717, 1.165) is 12.5 Å². The molecule has 0 radical (unpaired) electrons. The van der Waals surface area contributed by atoms with Crippen molar-refractivity contribution in [1.82, 2.24) is 0 Å². The van der Waals surface area contributed by atoms with Crippen molar-refractivity contribution < 1.29 is 18.8 Å². The Balaban J connectivity index is 0. The lowest BCUT2D eigenvalue weighted by molar-refractivity contribution is -0.113. The quantitative estimate of drug-likeness (QED) is 0.538. The Morgan fingerprint density at radius 2 is 1.94 bits per heavy atom. The third-order valence-corrected chi connectivity index (χ3v) is 4.97. The molecule has 0 spiro atoms. The molecule has 0 atom stereocenters. The second-order valence-corrected chi connectivity index (χ2v) is 6.86. The van der Waals surface area contributed by atoms with Crippen molar-refractivity contribution in [3.05, 3.63) is 12.2 Å². The molecule has 0 saturated heterocycles. The molecule has 0 heterocycles. The van der Waals surface area contributed by atoms with Crippen LogP contribution >= 0.6 is 0 Å². The van der Waals surface area contributed by atoms with Gasteiger partial charge in [0, 0.05) is 20.8 Å². The van der Waals surface area contributed by atoms with Crippen LogP contribution in [0, 0.1) is 0 Å². The summed E-state index contributed by atoms with van der Waals surface area (Å²) in [7, 11) is 1.44. The summed E-state index contributed by atoms with van der Waals surface area (Å²) in [6.45, 7) is 3.95. The number of primary amides is 1. The smallest absolute Gasteiger partial charge is 0.334 e. The van der Waals surface area contributed by atoms with Gasteiger partial charge in [0.25, 0.3) is 0 Å². The van der Waals surface area contributed by atoms with Gasteiger partial charge in [-0.25, -0.2) is 0 Å². The van der Waals surface area contributed by atoms with Crippen LogP contribution in [0.1, 0.15) is 13.3 Å². The van der Waals surface area contributed by atoms with Crippen LogP contribution in [0.25, 0.3) is 0 Å². The third-order valence-electron chi connectivity index (χ3n) is 1.98. The number of nitrogens with two attached hydrogens (primary N) is 1. The average molecular weight is 249 g/mol. The molecule has 96 valence electrons. The molecule has 0 saturated carbocycles. The van der Waals surface area contributed by atoms with E-state index in [1.54, 1.807) is 27.2 Å². The van der Waals surface area contributed by atoms with Gasteiger partial charge in [0.15, 0.2) is 0 Å². The van der Waals surface area contributed by atoms with Crippen LogP contribution in [0.15, 0.2) is 12.2 Å². The number of hydrogen-bond donors (Lipinski definition) is 2. The van der Waals surface area contributed by atoms with E-state index in [4.69, 9.17) is 14.0 Å². The highest BCUT2D eigenvalue weighted by molar-refractivity contribution is 6.65. The van der Waals surface area contributed by atoms with Gasteiger partial charge in [0.2, 0.25) is 5.91 Å². The van der Waals surface area contributed by atoms with Crippen molar-refractivity contribution in [2.45, 2.75) is 25.9 Å². The van der Waals surface area contributed by atoms with E-state index in [2.05, 4.69) is 5.73 Å². The first-order chi connectivity index (χ1) is 7.45. The van der Waals surface area contributed by atoms with Crippen molar-refractivity contribution in [2.24, 2.45) is 5.73 Å². The molecule has 16 heavy (non-hydrogen) atoms. The first-order valence-corrected chi connectivity index (χ1v) is 7.61. The van der Waals surface area contributed by atoms with Crippen LogP contribution in [-0.4, -0.2) is 40.4 Å². The van der Waals surface area contributed by atoms with Gasteiger partial charge >= 0.3 is 8.56 Å². The maximum absolute atomic E-state index is 9.73. The zero-order valence-corrected chi connectivity index (χ0v) is 11.5. The summed E-state index contributed by atoms with van der Waals surface area (Å²) in [6, 6.07) is 0.858. The number of hydrogen-bond acceptors (Lipinski definition) is 4. The van der Waals surface area contributed by atoms with Crippen molar-refractivity contribution in [3.63, 3.8) is 0 Å². The number of carbonyl (C=O) groups is 1. The summed E-state index contributed by atoms with van der Waals surface area (Å²) in [5.41, 5.74) is 4.68. The van der Waals surface area contributed by atoms with Crippen molar-refractivity contribution in [1.29, 1.82) is 0 Å². The molecule has 5 nitrogen and oxygen atoms in total. The van der Waals surface area contributed by atoms with Gasteiger partial charge in [0.1, 0.15) is 0 Å². The zero-order chi connectivity index (χ0) is 13.0. The predicted octanol–water partition coefficient (Wildman–Crippen LogP) is 0.781. The largest absolute Gasteiger partial charge is 0.398 e. The van der Waals surface area contributed by atoms with Gasteiger partial charge in [-0.1, -0.05) is 6.08 Å². The molecule has 1 amide bonds. The average Bonchev–Trinajstić information content (AvgIpc) is 2.26. The van der Waals surface area contributed by atoms with E-state index in [-0.39, 0.29) is 6.61 Å². The Kier molecular flexibility index (Phi) is 12.0. The summed E-state index contributed by atoms with van der Waals surface area (Å²) >= 11 is 0. The number of rotatable bonds is 6. The normalized spacial score (nSPS) is 11.1. The van der Waals surface area contributed by atoms with E-state index in [1.807, 2.05) is 6.55 Å². The van der Waals surface area contributed by atoms with Crippen molar-refractivity contribution in [2.75, 3.05) is 20.8 Å². The lowest BCUT2D eigenvalue weighted by atomic mass is 10.5. The number of aliphatic hydroxyl groups excluding tert-OH is 1. The van der Waals surface area contributed by atoms with Gasteiger partial charge in [-0.15, -0.1) is 0 Å².